The number of primary amides is 1. The summed E-state index contributed by atoms with van der Waals surface area (Å²) in [6.07, 6.45) is 1.12. The van der Waals surface area contributed by atoms with Gasteiger partial charge in [0.2, 0.25) is 11.9 Å². The summed E-state index contributed by atoms with van der Waals surface area (Å²) < 4.78 is 6.47. The maximum Gasteiger partial charge on any atom is 0.304 e. The van der Waals surface area contributed by atoms with E-state index in [-0.39, 0.29) is 17.5 Å². The van der Waals surface area contributed by atoms with Crippen LogP contribution in [0.2, 0.25) is 0 Å². The molecule has 1 aromatic rings. The fourth-order valence-corrected chi connectivity index (χ4v) is 1.51. The lowest BCUT2D eigenvalue weighted by Gasteiger charge is -2.18. The van der Waals surface area contributed by atoms with Gasteiger partial charge in [0.25, 0.3) is 5.91 Å². The maximum absolute atomic E-state index is 11.1. The summed E-state index contributed by atoms with van der Waals surface area (Å²) in [6, 6.07) is 0. The van der Waals surface area contributed by atoms with E-state index in [4.69, 9.17) is 10.5 Å². The monoisotopic (exact) mass is 268 g/mol. The number of hydrogen-bond acceptors (Lipinski definition) is 5. The van der Waals surface area contributed by atoms with E-state index in [1.807, 2.05) is 0 Å². The van der Waals surface area contributed by atoms with E-state index in [0.717, 1.165) is 0 Å². The molecular weight excluding hydrogens is 252 g/mol. The molecule has 19 heavy (non-hydrogen) atoms. The molecule has 0 aliphatic carbocycles. The van der Waals surface area contributed by atoms with E-state index in [2.05, 4.69) is 10.3 Å². The van der Waals surface area contributed by atoms with Gasteiger partial charge in [0.05, 0.1) is 0 Å². The Labute approximate surface area is 109 Å². The number of carbonyl (C=O) groups excluding carboxylic acids is 3. The first-order chi connectivity index (χ1) is 8.85. The molecule has 1 heterocycles. The fourth-order valence-electron chi connectivity index (χ4n) is 1.51. The number of imidazole rings is 1. The number of nitrogens with one attached hydrogen (secondary N) is 1. The third kappa shape index (κ3) is 3.80. The number of ether oxygens (including phenoxy) is 1. The number of rotatable bonds is 5. The van der Waals surface area contributed by atoms with E-state index < -0.39 is 18.1 Å². The minimum absolute atomic E-state index is 0.0191. The van der Waals surface area contributed by atoms with Crippen LogP contribution in [-0.2, 0) is 14.3 Å². The van der Waals surface area contributed by atoms with Crippen LogP contribution in [0.25, 0.3) is 0 Å². The first kappa shape index (κ1) is 14.7. The predicted molar refractivity (Wildman–Crippen MR) is 66.1 cm³/mol. The largest absolute Gasteiger partial charge is 0.441 e. The third-order valence-corrected chi connectivity index (χ3v) is 2.23. The number of nitrogens with two attached hydrogens (primary N) is 1. The second kappa shape index (κ2) is 5.98. The molecule has 1 atom stereocenters. The molecule has 1 aromatic heterocycles. The van der Waals surface area contributed by atoms with Gasteiger partial charge in [0.15, 0.2) is 6.23 Å². The Morgan fingerprint density at radius 1 is 1.47 bits per heavy atom. The Bertz CT molecular complexity index is 509. The molecule has 8 nitrogen and oxygen atoms in total. The lowest BCUT2D eigenvalue weighted by atomic mass is 10.4. The summed E-state index contributed by atoms with van der Waals surface area (Å²) in [7, 11) is 0. The first-order valence-corrected chi connectivity index (χ1v) is 5.68. The molecular formula is C11H16N4O4. The molecule has 0 aliphatic rings. The van der Waals surface area contributed by atoms with E-state index in [1.54, 1.807) is 6.92 Å². The minimum Gasteiger partial charge on any atom is -0.441 e. The molecule has 0 radical (unpaired) electrons. The summed E-state index contributed by atoms with van der Waals surface area (Å²) >= 11 is 0. The van der Waals surface area contributed by atoms with Crippen LogP contribution in [0, 0.1) is 0 Å². The number of anilines is 1. The van der Waals surface area contributed by atoms with Gasteiger partial charge in [0.1, 0.15) is 5.69 Å². The van der Waals surface area contributed by atoms with Crippen molar-refractivity contribution in [2.24, 2.45) is 5.73 Å². The van der Waals surface area contributed by atoms with Crippen molar-refractivity contribution >= 4 is 23.7 Å². The van der Waals surface area contributed by atoms with Crippen LogP contribution in [0.5, 0.6) is 0 Å². The zero-order valence-electron chi connectivity index (χ0n) is 11.0. The molecule has 0 saturated heterocycles. The SMILES string of the molecule is CCC(OC(C)=O)n1cc(C(N)=O)nc1NC(C)=O. The highest BCUT2D eigenvalue weighted by molar-refractivity contribution is 5.92. The Morgan fingerprint density at radius 3 is 2.53 bits per heavy atom. The van der Waals surface area contributed by atoms with Gasteiger partial charge >= 0.3 is 5.97 Å². The first-order valence-electron chi connectivity index (χ1n) is 5.68. The summed E-state index contributed by atoms with van der Waals surface area (Å²) in [4.78, 5) is 37.1. The molecule has 0 bridgehead atoms. The van der Waals surface area contributed by atoms with Gasteiger partial charge in [-0.2, -0.15) is 0 Å². The van der Waals surface area contributed by atoms with E-state index >= 15 is 0 Å². The van der Waals surface area contributed by atoms with Crippen molar-refractivity contribution in [3.8, 4) is 0 Å². The van der Waals surface area contributed by atoms with Gasteiger partial charge in [-0.3, -0.25) is 24.3 Å². The molecule has 8 heteroatoms. The summed E-state index contributed by atoms with van der Waals surface area (Å²) in [6.45, 7) is 4.36. The lowest BCUT2D eigenvalue weighted by Crippen LogP contribution is -2.19. The highest BCUT2D eigenvalue weighted by atomic mass is 16.6. The Hall–Kier alpha value is -2.38. The summed E-state index contributed by atoms with van der Waals surface area (Å²) in [5.41, 5.74) is 5.12. The van der Waals surface area contributed by atoms with Gasteiger partial charge in [-0.15, -0.1) is 0 Å². The fraction of sp³-hybridized carbons (Fsp3) is 0.455. The molecule has 0 spiro atoms. The summed E-state index contributed by atoms with van der Waals surface area (Å²) in [5.74, 6) is -1.46. The van der Waals surface area contributed by atoms with Crippen molar-refractivity contribution < 1.29 is 19.1 Å². The number of aromatic nitrogens is 2. The second-order valence-electron chi connectivity index (χ2n) is 3.87. The molecule has 1 unspecified atom stereocenters. The zero-order valence-corrected chi connectivity index (χ0v) is 11.0. The van der Waals surface area contributed by atoms with Crippen molar-refractivity contribution in [1.29, 1.82) is 0 Å². The van der Waals surface area contributed by atoms with Crippen molar-refractivity contribution in [3.05, 3.63) is 11.9 Å². The molecule has 3 N–H and O–H groups in total. The van der Waals surface area contributed by atoms with Crippen LogP contribution in [0.1, 0.15) is 43.9 Å². The minimum atomic E-state index is -0.733. The number of amides is 2. The van der Waals surface area contributed by atoms with E-state index in [0.29, 0.717) is 6.42 Å². The third-order valence-electron chi connectivity index (χ3n) is 2.23. The number of nitrogens with zero attached hydrogens (tertiary/aromatic N) is 2. The van der Waals surface area contributed by atoms with Crippen LogP contribution < -0.4 is 11.1 Å². The molecule has 104 valence electrons. The molecule has 0 saturated carbocycles. The average Bonchev–Trinajstić information content (AvgIpc) is 2.68. The van der Waals surface area contributed by atoms with Crippen molar-refractivity contribution in [1.82, 2.24) is 9.55 Å². The Morgan fingerprint density at radius 2 is 2.11 bits per heavy atom. The molecule has 0 aromatic carbocycles. The Kier molecular flexibility index (Phi) is 4.62. The highest BCUT2D eigenvalue weighted by Gasteiger charge is 2.20. The summed E-state index contributed by atoms with van der Waals surface area (Å²) in [5, 5.41) is 2.45. The zero-order chi connectivity index (χ0) is 14.6. The second-order valence-corrected chi connectivity index (χ2v) is 3.87. The van der Waals surface area contributed by atoms with Crippen LogP contribution in [0.4, 0.5) is 5.95 Å². The number of hydrogen-bond donors (Lipinski definition) is 2. The standard InChI is InChI=1S/C11H16N4O4/c1-4-9(19-7(3)17)15-5-8(10(12)18)14-11(15)13-6(2)16/h5,9H,4H2,1-3H3,(H2,12,18)(H,13,14,16). The van der Waals surface area contributed by atoms with Gasteiger partial charge < -0.3 is 10.5 Å². The normalized spacial score (nSPS) is 11.7. The quantitative estimate of drug-likeness (QED) is 0.750. The van der Waals surface area contributed by atoms with Gasteiger partial charge in [-0.25, -0.2) is 4.98 Å². The van der Waals surface area contributed by atoms with Crippen LogP contribution in [0.3, 0.4) is 0 Å². The topological polar surface area (TPSA) is 116 Å². The van der Waals surface area contributed by atoms with Crippen LogP contribution in [0.15, 0.2) is 6.20 Å². The average molecular weight is 268 g/mol. The van der Waals surface area contributed by atoms with Gasteiger partial charge in [-0.1, -0.05) is 6.92 Å². The maximum atomic E-state index is 11.1. The lowest BCUT2D eigenvalue weighted by molar-refractivity contribution is -0.151. The van der Waals surface area contributed by atoms with Crippen molar-refractivity contribution in [3.63, 3.8) is 0 Å². The van der Waals surface area contributed by atoms with Crippen LogP contribution in [-0.4, -0.2) is 27.3 Å². The molecule has 2 amide bonds. The molecule has 0 aliphatic heterocycles. The van der Waals surface area contributed by atoms with Gasteiger partial charge in [-0.05, 0) is 0 Å². The van der Waals surface area contributed by atoms with Crippen molar-refractivity contribution in [2.45, 2.75) is 33.4 Å². The van der Waals surface area contributed by atoms with Crippen LogP contribution >= 0.6 is 0 Å². The molecule has 1 rings (SSSR count). The molecule has 0 fully saturated rings. The van der Waals surface area contributed by atoms with E-state index in [9.17, 15) is 14.4 Å². The Balaban J connectivity index is 3.17. The number of carbonyl (C=O) groups is 3. The predicted octanol–water partition coefficient (Wildman–Crippen LogP) is 0.412. The number of esters is 1. The highest BCUT2D eigenvalue weighted by Crippen LogP contribution is 2.20. The smallest absolute Gasteiger partial charge is 0.304 e. The van der Waals surface area contributed by atoms with Crippen molar-refractivity contribution in [2.75, 3.05) is 5.32 Å². The van der Waals surface area contributed by atoms with E-state index in [1.165, 1.54) is 24.6 Å². The van der Waals surface area contributed by atoms with Gasteiger partial charge in [0, 0.05) is 26.5 Å².